The minimum atomic E-state index is -0.0487. The van der Waals surface area contributed by atoms with E-state index in [1.54, 1.807) is 0 Å². The highest BCUT2D eigenvalue weighted by atomic mass is 32.1. The predicted octanol–water partition coefficient (Wildman–Crippen LogP) is 6.10. The van der Waals surface area contributed by atoms with Crippen molar-refractivity contribution in [3.8, 4) is 0 Å². The Balaban J connectivity index is 1.24. The molecule has 2 heterocycles. The van der Waals surface area contributed by atoms with Gasteiger partial charge in [0.2, 0.25) is 0 Å². The fraction of sp³-hybridized carbons (Fsp3) is 0.630. The fourth-order valence-electron chi connectivity index (χ4n) is 5.36. The highest BCUT2D eigenvalue weighted by molar-refractivity contribution is 7.14. The molecular formula is C27H40N4OS. The van der Waals surface area contributed by atoms with Crippen LogP contribution in [0.25, 0.3) is 0 Å². The average Bonchev–Trinajstić information content (AvgIpc) is 3.38. The van der Waals surface area contributed by atoms with E-state index < -0.39 is 0 Å². The number of hydrogen-bond donors (Lipinski definition) is 1. The maximum Gasteiger partial charge on any atom is 0.270 e. The molecule has 1 saturated carbocycles. The van der Waals surface area contributed by atoms with Gasteiger partial charge in [-0.2, -0.15) is 0 Å². The van der Waals surface area contributed by atoms with Crippen LogP contribution in [-0.4, -0.2) is 49.0 Å². The van der Waals surface area contributed by atoms with Gasteiger partial charge in [-0.05, 0) is 56.2 Å². The highest BCUT2D eigenvalue weighted by Gasteiger charge is 2.24. The number of carbonyl (C=O) groups excluding carboxylic acids is 1. The summed E-state index contributed by atoms with van der Waals surface area (Å²) in [6.07, 6.45) is 13.8. The maximum absolute atomic E-state index is 12.8. The van der Waals surface area contributed by atoms with Gasteiger partial charge in [-0.3, -0.25) is 4.79 Å². The van der Waals surface area contributed by atoms with Crippen LogP contribution in [0.1, 0.15) is 74.7 Å². The number of anilines is 2. The van der Waals surface area contributed by atoms with Gasteiger partial charge in [0.05, 0.1) is 0 Å². The third kappa shape index (κ3) is 7.28. The number of thiazole rings is 1. The second-order valence-corrected chi connectivity index (χ2v) is 10.8. The van der Waals surface area contributed by atoms with Crippen LogP contribution in [0.4, 0.5) is 10.8 Å². The van der Waals surface area contributed by atoms with Crippen LogP contribution in [0.2, 0.25) is 0 Å². The van der Waals surface area contributed by atoms with Gasteiger partial charge in [-0.25, -0.2) is 4.98 Å². The normalized spacial score (nSPS) is 21.1. The maximum atomic E-state index is 12.8. The molecule has 1 amide bonds. The lowest BCUT2D eigenvalue weighted by atomic mass is 9.93. The number of para-hydroxylation sites is 1. The van der Waals surface area contributed by atoms with Crippen LogP contribution in [-0.2, 0) is 0 Å². The number of piperidine rings is 1. The van der Waals surface area contributed by atoms with E-state index in [1.807, 2.05) is 47.7 Å². The lowest BCUT2D eigenvalue weighted by molar-refractivity contribution is 0.0921. The molecule has 2 aliphatic rings. The van der Waals surface area contributed by atoms with Crippen molar-refractivity contribution in [2.75, 3.05) is 38.1 Å². The first-order valence-corrected chi connectivity index (χ1v) is 13.8. The summed E-state index contributed by atoms with van der Waals surface area (Å²) < 4.78 is 0. The summed E-state index contributed by atoms with van der Waals surface area (Å²) in [5.41, 5.74) is 1.59. The second kappa shape index (κ2) is 12.5. The van der Waals surface area contributed by atoms with E-state index in [-0.39, 0.29) is 5.91 Å². The molecular weight excluding hydrogens is 428 g/mol. The van der Waals surface area contributed by atoms with Gasteiger partial charge in [0, 0.05) is 37.7 Å². The largest absolute Gasteiger partial charge is 0.350 e. The molecule has 1 atom stereocenters. The van der Waals surface area contributed by atoms with Crippen molar-refractivity contribution >= 4 is 28.1 Å². The van der Waals surface area contributed by atoms with Crippen molar-refractivity contribution < 1.29 is 4.79 Å². The summed E-state index contributed by atoms with van der Waals surface area (Å²) in [5, 5.41) is 5.88. The Morgan fingerprint density at radius 3 is 2.48 bits per heavy atom. The summed E-state index contributed by atoms with van der Waals surface area (Å²) >= 11 is 1.51. The highest BCUT2D eigenvalue weighted by Crippen LogP contribution is 2.27. The number of amides is 1. The molecule has 180 valence electrons. The summed E-state index contributed by atoms with van der Waals surface area (Å²) in [7, 11) is 1.99. The van der Waals surface area contributed by atoms with Gasteiger partial charge in [0.15, 0.2) is 5.13 Å². The standard InChI is InChI=1S/C27H40N4OS/c1-30(24-15-9-6-10-16-24)27-29-25(21-33-27)26(32)28-18-23-14-11-17-31(20-23)19-22-12-7-4-2-3-5-8-13-22/h6,9-10,15-16,21-23H,2-5,7-8,11-14,17-20H2,1H3,(H,28,32). The SMILES string of the molecule is CN(c1ccccc1)c1nc(C(=O)NCC2CCCN(CC3CCCCCCCC3)C2)cs1. The number of hydrogen-bond acceptors (Lipinski definition) is 5. The second-order valence-electron chi connectivity index (χ2n) is 9.95. The Hall–Kier alpha value is -1.92. The van der Waals surface area contributed by atoms with E-state index in [1.165, 1.54) is 88.6 Å². The van der Waals surface area contributed by atoms with Crippen LogP contribution in [0.5, 0.6) is 0 Å². The van der Waals surface area contributed by atoms with Crippen LogP contribution >= 0.6 is 11.3 Å². The lowest BCUT2D eigenvalue weighted by Crippen LogP contribution is -2.42. The number of carbonyl (C=O) groups is 1. The number of nitrogens with one attached hydrogen (secondary N) is 1. The first-order valence-electron chi connectivity index (χ1n) is 12.9. The quantitative estimate of drug-likeness (QED) is 0.533. The Kier molecular flexibility index (Phi) is 9.18. The van der Waals surface area contributed by atoms with E-state index in [4.69, 9.17) is 0 Å². The first-order chi connectivity index (χ1) is 16.2. The van der Waals surface area contributed by atoms with E-state index in [0.717, 1.165) is 29.8 Å². The Labute approximate surface area is 203 Å². The molecule has 4 rings (SSSR count). The number of aromatic nitrogens is 1. The van der Waals surface area contributed by atoms with Gasteiger partial charge in [0.1, 0.15) is 5.69 Å². The van der Waals surface area contributed by atoms with Crippen LogP contribution < -0.4 is 10.2 Å². The summed E-state index contributed by atoms with van der Waals surface area (Å²) in [4.78, 5) is 22.1. The van der Waals surface area contributed by atoms with Crippen molar-refractivity contribution in [3.05, 3.63) is 41.4 Å². The molecule has 0 radical (unpaired) electrons. The van der Waals surface area contributed by atoms with Crippen molar-refractivity contribution in [1.29, 1.82) is 0 Å². The zero-order valence-electron chi connectivity index (χ0n) is 20.2. The molecule has 2 aromatic rings. The van der Waals surface area contributed by atoms with Gasteiger partial charge >= 0.3 is 0 Å². The van der Waals surface area contributed by atoms with Crippen molar-refractivity contribution in [2.24, 2.45) is 11.8 Å². The summed E-state index contributed by atoms with van der Waals surface area (Å²) in [6.45, 7) is 4.35. The van der Waals surface area contributed by atoms with Gasteiger partial charge in [-0.15, -0.1) is 11.3 Å². The number of likely N-dealkylation sites (tertiary alicyclic amines) is 1. The zero-order valence-corrected chi connectivity index (χ0v) is 21.0. The smallest absolute Gasteiger partial charge is 0.270 e. The molecule has 2 fully saturated rings. The van der Waals surface area contributed by atoms with Gasteiger partial charge in [-0.1, -0.05) is 56.7 Å². The monoisotopic (exact) mass is 468 g/mol. The fourth-order valence-corrected chi connectivity index (χ4v) is 6.15. The van der Waals surface area contributed by atoms with Crippen LogP contribution in [0.15, 0.2) is 35.7 Å². The van der Waals surface area contributed by atoms with E-state index in [2.05, 4.69) is 15.2 Å². The molecule has 1 saturated heterocycles. The molecule has 1 N–H and O–H groups in total. The molecule has 6 heteroatoms. The molecule has 1 aromatic heterocycles. The average molecular weight is 469 g/mol. The van der Waals surface area contributed by atoms with Crippen LogP contribution in [0, 0.1) is 11.8 Å². The zero-order chi connectivity index (χ0) is 22.9. The van der Waals surface area contributed by atoms with Crippen LogP contribution in [0.3, 0.4) is 0 Å². The van der Waals surface area contributed by atoms with Crippen molar-refractivity contribution in [1.82, 2.24) is 15.2 Å². The van der Waals surface area contributed by atoms with E-state index in [0.29, 0.717) is 11.6 Å². The number of rotatable bonds is 7. The Morgan fingerprint density at radius 2 is 1.73 bits per heavy atom. The van der Waals surface area contributed by atoms with Gasteiger partial charge < -0.3 is 15.1 Å². The molecule has 1 aromatic carbocycles. The molecule has 5 nitrogen and oxygen atoms in total. The molecule has 33 heavy (non-hydrogen) atoms. The lowest BCUT2D eigenvalue weighted by Gasteiger charge is -2.35. The first kappa shape index (κ1) is 24.2. The van der Waals surface area contributed by atoms with Crippen molar-refractivity contribution in [3.63, 3.8) is 0 Å². The van der Waals surface area contributed by atoms with Crippen molar-refractivity contribution in [2.45, 2.75) is 64.2 Å². The number of nitrogens with zero attached hydrogens (tertiary/aromatic N) is 3. The molecule has 0 spiro atoms. The third-order valence-electron chi connectivity index (χ3n) is 7.30. The summed E-state index contributed by atoms with van der Waals surface area (Å²) in [5.74, 6) is 1.36. The minimum Gasteiger partial charge on any atom is -0.350 e. The minimum absolute atomic E-state index is 0.0487. The predicted molar refractivity (Wildman–Crippen MR) is 139 cm³/mol. The molecule has 0 bridgehead atoms. The van der Waals surface area contributed by atoms with Gasteiger partial charge in [0.25, 0.3) is 5.91 Å². The van der Waals surface area contributed by atoms with E-state index in [9.17, 15) is 4.79 Å². The summed E-state index contributed by atoms with van der Waals surface area (Å²) in [6, 6.07) is 10.1. The number of benzene rings is 1. The topological polar surface area (TPSA) is 48.5 Å². The molecule has 1 unspecified atom stereocenters. The Bertz CT molecular complexity index is 845. The molecule has 1 aliphatic carbocycles. The molecule has 1 aliphatic heterocycles. The Morgan fingerprint density at radius 1 is 1.03 bits per heavy atom. The third-order valence-corrected chi connectivity index (χ3v) is 8.22. The van der Waals surface area contributed by atoms with E-state index >= 15 is 0 Å².